The molecule has 15 heavy (non-hydrogen) atoms. The molecule has 2 heterocycles. The zero-order valence-electron chi connectivity index (χ0n) is 8.92. The fraction of sp³-hybridized carbons (Fsp3) is 0.417. The molecule has 2 aromatic rings. The second kappa shape index (κ2) is 3.08. The fourth-order valence-corrected chi connectivity index (χ4v) is 2.36. The lowest BCUT2D eigenvalue weighted by atomic mass is 10.2. The Morgan fingerprint density at radius 3 is 2.80 bits per heavy atom. The summed E-state index contributed by atoms with van der Waals surface area (Å²) in [5.74, 6) is 0.726. The number of imidazole rings is 1. The van der Waals surface area contributed by atoms with Crippen LogP contribution in [0.1, 0.15) is 35.7 Å². The lowest BCUT2D eigenvalue weighted by molar-refractivity contribution is 1.01. The van der Waals surface area contributed by atoms with Crippen LogP contribution in [0.4, 0.5) is 0 Å². The molecule has 1 fully saturated rings. The van der Waals surface area contributed by atoms with E-state index in [-0.39, 0.29) is 0 Å². The molecule has 0 spiro atoms. The molecule has 1 aliphatic carbocycles. The first-order chi connectivity index (χ1) is 7.16. The third-order valence-corrected chi connectivity index (χ3v) is 3.97. The summed E-state index contributed by atoms with van der Waals surface area (Å²) in [6, 6.07) is 2.14. The molecule has 2 nitrogen and oxygen atoms in total. The van der Waals surface area contributed by atoms with E-state index in [0.717, 1.165) is 16.0 Å². The Kier molecular flexibility index (Phi) is 1.93. The maximum Gasteiger partial charge on any atom is 0.137 e. The average molecular weight is 265 g/mol. The zero-order valence-corrected chi connectivity index (χ0v) is 10.5. The Hall–Kier alpha value is -0.830. The number of hydrogen-bond acceptors (Lipinski definition) is 1. The maximum absolute atomic E-state index is 4.72. The standard InChI is InChI=1S/C12H13BrN2/c1-7-5-11-14-12(9-3-4-9)8(2)15(11)6-10(7)13/h5-6,9H,3-4H2,1-2H3. The molecule has 0 aromatic carbocycles. The van der Waals surface area contributed by atoms with Crippen molar-refractivity contribution in [3.63, 3.8) is 0 Å². The molecule has 3 rings (SSSR count). The van der Waals surface area contributed by atoms with Gasteiger partial charge in [0.05, 0.1) is 5.69 Å². The van der Waals surface area contributed by atoms with Crippen LogP contribution in [0, 0.1) is 13.8 Å². The van der Waals surface area contributed by atoms with Crippen molar-refractivity contribution in [2.45, 2.75) is 32.6 Å². The van der Waals surface area contributed by atoms with Gasteiger partial charge in [0.2, 0.25) is 0 Å². The Balaban J connectivity index is 2.30. The lowest BCUT2D eigenvalue weighted by Crippen LogP contribution is -1.90. The van der Waals surface area contributed by atoms with E-state index >= 15 is 0 Å². The number of halogens is 1. The van der Waals surface area contributed by atoms with Crippen LogP contribution in [-0.4, -0.2) is 9.38 Å². The zero-order chi connectivity index (χ0) is 10.6. The summed E-state index contributed by atoms with van der Waals surface area (Å²) in [7, 11) is 0. The third kappa shape index (κ3) is 1.41. The van der Waals surface area contributed by atoms with E-state index in [4.69, 9.17) is 4.98 Å². The number of hydrogen-bond donors (Lipinski definition) is 0. The van der Waals surface area contributed by atoms with Gasteiger partial charge in [-0.3, -0.25) is 0 Å². The molecular formula is C12H13BrN2. The van der Waals surface area contributed by atoms with Gasteiger partial charge in [0.15, 0.2) is 0 Å². The van der Waals surface area contributed by atoms with E-state index in [1.54, 1.807) is 0 Å². The number of rotatable bonds is 1. The first-order valence-corrected chi connectivity index (χ1v) is 6.11. The molecule has 0 saturated heterocycles. The first kappa shape index (κ1) is 9.40. The topological polar surface area (TPSA) is 17.3 Å². The van der Waals surface area contributed by atoms with E-state index < -0.39 is 0 Å². The van der Waals surface area contributed by atoms with Gasteiger partial charge in [-0.05, 0) is 54.2 Å². The van der Waals surface area contributed by atoms with Crippen molar-refractivity contribution in [3.8, 4) is 0 Å². The minimum absolute atomic E-state index is 0.726. The number of aromatic nitrogens is 2. The molecule has 0 aliphatic heterocycles. The second-order valence-electron chi connectivity index (χ2n) is 4.39. The lowest BCUT2D eigenvalue weighted by Gasteiger charge is -2.01. The Morgan fingerprint density at radius 2 is 2.13 bits per heavy atom. The van der Waals surface area contributed by atoms with Crippen molar-refractivity contribution in [1.82, 2.24) is 9.38 Å². The van der Waals surface area contributed by atoms with E-state index in [1.807, 2.05) is 0 Å². The van der Waals surface area contributed by atoms with Crippen molar-refractivity contribution in [2.75, 3.05) is 0 Å². The minimum Gasteiger partial charge on any atom is -0.303 e. The molecule has 0 N–H and O–H groups in total. The summed E-state index contributed by atoms with van der Waals surface area (Å²) in [5.41, 5.74) is 4.92. The van der Waals surface area contributed by atoms with E-state index in [2.05, 4.69) is 46.4 Å². The minimum atomic E-state index is 0.726. The largest absolute Gasteiger partial charge is 0.303 e. The molecule has 0 radical (unpaired) electrons. The van der Waals surface area contributed by atoms with Gasteiger partial charge in [-0.15, -0.1) is 0 Å². The van der Waals surface area contributed by atoms with Crippen molar-refractivity contribution >= 4 is 21.6 Å². The van der Waals surface area contributed by atoms with Crippen LogP contribution in [0.5, 0.6) is 0 Å². The van der Waals surface area contributed by atoms with Gasteiger partial charge in [-0.2, -0.15) is 0 Å². The maximum atomic E-state index is 4.72. The van der Waals surface area contributed by atoms with E-state index in [1.165, 1.54) is 29.8 Å². The Labute approximate surface area is 97.5 Å². The van der Waals surface area contributed by atoms with Crippen molar-refractivity contribution in [1.29, 1.82) is 0 Å². The molecule has 2 aromatic heterocycles. The van der Waals surface area contributed by atoms with Gasteiger partial charge in [0, 0.05) is 22.3 Å². The third-order valence-electron chi connectivity index (χ3n) is 3.14. The van der Waals surface area contributed by atoms with Crippen LogP contribution in [0.15, 0.2) is 16.7 Å². The molecule has 1 saturated carbocycles. The summed E-state index contributed by atoms with van der Waals surface area (Å²) >= 11 is 3.56. The van der Waals surface area contributed by atoms with Crippen LogP contribution in [0.2, 0.25) is 0 Å². The van der Waals surface area contributed by atoms with Gasteiger partial charge in [0.1, 0.15) is 5.65 Å². The highest BCUT2D eigenvalue weighted by Gasteiger charge is 2.28. The summed E-state index contributed by atoms with van der Waals surface area (Å²) in [6.45, 7) is 4.26. The summed E-state index contributed by atoms with van der Waals surface area (Å²) < 4.78 is 3.34. The smallest absolute Gasteiger partial charge is 0.137 e. The predicted octanol–water partition coefficient (Wildman–Crippen LogP) is 3.59. The monoisotopic (exact) mass is 264 g/mol. The molecule has 0 amide bonds. The molecule has 1 aliphatic rings. The molecule has 0 atom stereocenters. The van der Waals surface area contributed by atoms with Crippen LogP contribution < -0.4 is 0 Å². The molecular weight excluding hydrogens is 252 g/mol. The first-order valence-electron chi connectivity index (χ1n) is 5.31. The van der Waals surface area contributed by atoms with Crippen LogP contribution in [0.25, 0.3) is 5.65 Å². The summed E-state index contributed by atoms with van der Waals surface area (Å²) in [6.07, 6.45) is 4.74. The quantitative estimate of drug-likeness (QED) is 0.770. The second-order valence-corrected chi connectivity index (χ2v) is 5.24. The highest BCUT2D eigenvalue weighted by molar-refractivity contribution is 9.10. The highest BCUT2D eigenvalue weighted by Crippen LogP contribution is 2.41. The van der Waals surface area contributed by atoms with Gasteiger partial charge < -0.3 is 4.40 Å². The fourth-order valence-electron chi connectivity index (χ4n) is 2.04. The summed E-state index contributed by atoms with van der Waals surface area (Å²) in [4.78, 5) is 4.72. The molecule has 3 heteroatoms. The van der Waals surface area contributed by atoms with Gasteiger partial charge in [0.25, 0.3) is 0 Å². The Morgan fingerprint density at radius 1 is 1.40 bits per heavy atom. The van der Waals surface area contributed by atoms with Crippen molar-refractivity contribution in [2.24, 2.45) is 0 Å². The molecule has 0 bridgehead atoms. The van der Waals surface area contributed by atoms with Crippen molar-refractivity contribution < 1.29 is 0 Å². The van der Waals surface area contributed by atoms with Gasteiger partial charge in [-0.25, -0.2) is 4.98 Å². The highest BCUT2D eigenvalue weighted by atomic mass is 79.9. The average Bonchev–Trinajstić information content (AvgIpc) is 2.98. The predicted molar refractivity (Wildman–Crippen MR) is 64.3 cm³/mol. The molecule has 0 unspecified atom stereocenters. The van der Waals surface area contributed by atoms with Crippen LogP contribution in [0.3, 0.4) is 0 Å². The van der Waals surface area contributed by atoms with Crippen LogP contribution >= 0.6 is 15.9 Å². The molecule has 78 valence electrons. The van der Waals surface area contributed by atoms with E-state index in [0.29, 0.717) is 0 Å². The van der Waals surface area contributed by atoms with Crippen molar-refractivity contribution in [3.05, 3.63) is 33.7 Å². The van der Waals surface area contributed by atoms with Gasteiger partial charge >= 0.3 is 0 Å². The van der Waals surface area contributed by atoms with E-state index in [9.17, 15) is 0 Å². The Bertz CT molecular complexity index is 538. The van der Waals surface area contributed by atoms with Gasteiger partial charge in [-0.1, -0.05) is 0 Å². The number of aryl methyl sites for hydroxylation is 2. The summed E-state index contributed by atoms with van der Waals surface area (Å²) in [5, 5.41) is 0. The number of fused-ring (bicyclic) bond motifs is 1. The number of nitrogens with zero attached hydrogens (tertiary/aromatic N) is 2. The van der Waals surface area contributed by atoms with Crippen LogP contribution in [-0.2, 0) is 0 Å². The normalized spacial score (nSPS) is 16.2. The SMILES string of the molecule is Cc1cc2nc(C3CC3)c(C)n2cc1Br. The number of pyridine rings is 1.